The zero-order valence-electron chi connectivity index (χ0n) is 15.1. The van der Waals surface area contributed by atoms with Crippen molar-refractivity contribution < 1.29 is 24.2 Å². The highest BCUT2D eigenvalue weighted by atomic mass is 32.2. The van der Waals surface area contributed by atoms with Crippen LogP contribution in [0.15, 0.2) is 29.2 Å². The van der Waals surface area contributed by atoms with Crippen LogP contribution in [0.5, 0.6) is 5.75 Å². The minimum absolute atomic E-state index is 0.0783. The SMILES string of the molecule is O=C(O)COc1cccc(/C=C2/SC(=S)N(NC(=O)C3CCCCC3)C2=O)c1. The van der Waals surface area contributed by atoms with Gasteiger partial charge in [0, 0.05) is 5.92 Å². The number of rotatable bonds is 6. The number of hydrogen-bond donors (Lipinski definition) is 2. The van der Waals surface area contributed by atoms with Gasteiger partial charge >= 0.3 is 5.97 Å². The molecule has 2 aliphatic rings. The molecular formula is C19H20N2O5S2. The molecule has 0 radical (unpaired) electrons. The largest absolute Gasteiger partial charge is 0.482 e. The molecule has 1 saturated heterocycles. The van der Waals surface area contributed by atoms with Crippen molar-refractivity contribution in [2.24, 2.45) is 5.92 Å². The lowest BCUT2D eigenvalue weighted by molar-refractivity contribution is -0.139. The number of carbonyl (C=O) groups is 3. The third kappa shape index (κ3) is 5.11. The highest BCUT2D eigenvalue weighted by Crippen LogP contribution is 2.32. The summed E-state index contributed by atoms with van der Waals surface area (Å²) in [6, 6.07) is 6.74. The fraction of sp³-hybridized carbons (Fsp3) is 0.368. The summed E-state index contributed by atoms with van der Waals surface area (Å²) in [5.41, 5.74) is 3.33. The molecule has 1 aliphatic carbocycles. The van der Waals surface area contributed by atoms with E-state index in [0.29, 0.717) is 16.2 Å². The number of benzene rings is 1. The van der Waals surface area contributed by atoms with Gasteiger partial charge in [-0.1, -0.05) is 43.2 Å². The average Bonchev–Trinajstić information content (AvgIpc) is 2.94. The van der Waals surface area contributed by atoms with Crippen LogP contribution in [0.1, 0.15) is 37.7 Å². The molecule has 9 heteroatoms. The Morgan fingerprint density at radius 3 is 2.79 bits per heavy atom. The molecule has 28 heavy (non-hydrogen) atoms. The van der Waals surface area contributed by atoms with Gasteiger partial charge in [-0.05, 0) is 48.8 Å². The molecule has 0 unspecified atom stereocenters. The summed E-state index contributed by atoms with van der Waals surface area (Å²) in [6.07, 6.45) is 6.50. The number of nitrogens with zero attached hydrogens (tertiary/aromatic N) is 1. The minimum atomic E-state index is -1.07. The van der Waals surface area contributed by atoms with Crippen LogP contribution in [0, 0.1) is 5.92 Å². The lowest BCUT2D eigenvalue weighted by Gasteiger charge is -2.23. The van der Waals surface area contributed by atoms with Crippen molar-refractivity contribution in [2.45, 2.75) is 32.1 Å². The standard InChI is InChI=1S/C19H20N2O5S2/c22-16(23)11-26-14-8-4-5-12(9-14)10-15-18(25)21(19(27)28-15)20-17(24)13-6-2-1-3-7-13/h4-5,8-10,13H,1-3,6-7,11H2,(H,20,24)(H,22,23)/b15-10+. The van der Waals surface area contributed by atoms with Crippen LogP contribution in [0.3, 0.4) is 0 Å². The number of nitrogens with one attached hydrogen (secondary N) is 1. The first-order valence-electron chi connectivity index (χ1n) is 8.97. The fourth-order valence-electron chi connectivity index (χ4n) is 3.12. The van der Waals surface area contributed by atoms with Crippen LogP contribution in [0.2, 0.25) is 0 Å². The quantitative estimate of drug-likeness (QED) is 0.539. The number of carboxylic acids is 1. The van der Waals surface area contributed by atoms with Crippen LogP contribution >= 0.6 is 24.0 Å². The van der Waals surface area contributed by atoms with E-state index < -0.39 is 12.6 Å². The van der Waals surface area contributed by atoms with E-state index in [-0.39, 0.29) is 22.1 Å². The maximum atomic E-state index is 12.7. The first-order chi connectivity index (χ1) is 13.4. The number of ether oxygens (including phenoxy) is 1. The van der Waals surface area contributed by atoms with Crippen molar-refractivity contribution in [1.82, 2.24) is 10.4 Å². The molecule has 1 saturated carbocycles. The summed E-state index contributed by atoms with van der Waals surface area (Å²) >= 11 is 6.36. The van der Waals surface area contributed by atoms with E-state index in [1.165, 1.54) is 0 Å². The molecule has 3 rings (SSSR count). The monoisotopic (exact) mass is 420 g/mol. The number of carbonyl (C=O) groups excluding carboxylic acids is 2. The normalized spacial score (nSPS) is 19.1. The van der Waals surface area contributed by atoms with Crippen LogP contribution < -0.4 is 10.2 Å². The van der Waals surface area contributed by atoms with Gasteiger partial charge < -0.3 is 9.84 Å². The predicted octanol–water partition coefficient (Wildman–Crippen LogP) is 2.96. The zero-order chi connectivity index (χ0) is 20.1. The van der Waals surface area contributed by atoms with Gasteiger partial charge in [-0.15, -0.1) is 0 Å². The second-order valence-electron chi connectivity index (χ2n) is 6.58. The number of hydrogen-bond acceptors (Lipinski definition) is 6. The maximum absolute atomic E-state index is 12.7. The summed E-state index contributed by atoms with van der Waals surface area (Å²) < 4.78 is 5.42. The Bertz CT molecular complexity index is 833. The number of aliphatic carboxylic acids is 1. The molecule has 0 aromatic heterocycles. The lowest BCUT2D eigenvalue weighted by Crippen LogP contribution is -2.47. The van der Waals surface area contributed by atoms with E-state index >= 15 is 0 Å². The first kappa shape index (κ1) is 20.3. The molecule has 2 N–H and O–H groups in total. The van der Waals surface area contributed by atoms with E-state index in [2.05, 4.69) is 5.43 Å². The Morgan fingerprint density at radius 2 is 2.07 bits per heavy atom. The van der Waals surface area contributed by atoms with Crippen molar-refractivity contribution in [3.8, 4) is 5.75 Å². The topological polar surface area (TPSA) is 95.9 Å². The van der Waals surface area contributed by atoms with E-state index in [1.54, 1.807) is 30.3 Å². The van der Waals surface area contributed by atoms with Crippen molar-refractivity contribution in [1.29, 1.82) is 0 Å². The van der Waals surface area contributed by atoms with Gasteiger partial charge in [-0.3, -0.25) is 15.0 Å². The summed E-state index contributed by atoms with van der Waals surface area (Å²) in [5.74, 6) is -1.31. The van der Waals surface area contributed by atoms with Gasteiger partial charge in [0.2, 0.25) is 5.91 Å². The Hall–Kier alpha value is -2.39. The molecule has 1 aromatic carbocycles. The number of amides is 2. The molecule has 0 spiro atoms. The first-order valence-corrected chi connectivity index (χ1v) is 10.2. The second kappa shape index (κ2) is 9.20. The smallest absolute Gasteiger partial charge is 0.341 e. The van der Waals surface area contributed by atoms with E-state index in [4.69, 9.17) is 22.1 Å². The second-order valence-corrected chi connectivity index (χ2v) is 8.26. The summed E-state index contributed by atoms with van der Waals surface area (Å²) in [7, 11) is 0. The summed E-state index contributed by atoms with van der Waals surface area (Å²) in [4.78, 5) is 36.1. The predicted molar refractivity (Wildman–Crippen MR) is 109 cm³/mol. The highest BCUT2D eigenvalue weighted by Gasteiger charge is 2.35. The number of thioether (sulfide) groups is 1. The Kier molecular flexibility index (Phi) is 6.69. The van der Waals surface area contributed by atoms with Crippen molar-refractivity contribution >= 4 is 52.2 Å². The molecule has 7 nitrogen and oxygen atoms in total. The van der Waals surface area contributed by atoms with Crippen LogP contribution in [0.4, 0.5) is 0 Å². The molecule has 0 atom stereocenters. The molecule has 2 fully saturated rings. The third-order valence-corrected chi connectivity index (χ3v) is 5.81. The molecule has 1 heterocycles. The molecule has 148 valence electrons. The number of carboxylic acid groups (broad SMARTS) is 1. The number of hydrazine groups is 1. The molecule has 2 amide bonds. The minimum Gasteiger partial charge on any atom is -0.482 e. The van der Waals surface area contributed by atoms with Crippen LogP contribution in [-0.2, 0) is 14.4 Å². The lowest BCUT2D eigenvalue weighted by atomic mass is 9.89. The van der Waals surface area contributed by atoms with Crippen LogP contribution in [-0.4, -0.2) is 38.8 Å². The average molecular weight is 421 g/mol. The van der Waals surface area contributed by atoms with Gasteiger partial charge in [0.25, 0.3) is 5.91 Å². The molecule has 1 aromatic rings. The van der Waals surface area contributed by atoms with E-state index in [0.717, 1.165) is 48.9 Å². The zero-order valence-corrected chi connectivity index (χ0v) is 16.7. The molecule has 0 bridgehead atoms. The molecular weight excluding hydrogens is 400 g/mol. The van der Waals surface area contributed by atoms with Gasteiger partial charge in [0.1, 0.15) is 5.75 Å². The van der Waals surface area contributed by atoms with Gasteiger partial charge in [0.05, 0.1) is 4.91 Å². The summed E-state index contributed by atoms with van der Waals surface area (Å²) in [6.45, 7) is -0.446. The van der Waals surface area contributed by atoms with Crippen LogP contribution in [0.25, 0.3) is 6.08 Å². The van der Waals surface area contributed by atoms with Crippen molar-refractivity contribution in [2.75, 3.05) is 6.61 Å². The Labute approximate surface area is 172 Å². The highest BCUT2D eigenvalue weighted by molar-refractivity contribution is 8.26. The Balaban J connectivity index is 1.68. The fourth-order valence-corrected chi connectivity index (χ4v) is 4.30. The Morgan fingerprint density at radius 1 is 1.32 bits per heavy atom. The van der Waals surface area contributed by atoms with Gasteiger partial charge in [-0.2, -0.15) is 5.01 Å². The van der Waals surface area contributed by atoms with Gasteiger partial charge in [-0.25, -0.2) is 4.79 Å². The van der Waals surface area contributed by atoms with Gasteiger partial charge in [0.15, 0.2) is 10.9 Å². The third-order valence-electron chi connectivity index (χ3n) is 4.51. The van der Waals surface area contributed by atoms with Crippen molar-refractivity contribution in [3.05, 3.63) is 34.7 Å². The van der Waals surface area contributed by atoms with E-state index in [1.807, 2.05) is 0 Å². The summed E-state index contributed by atoms with van der Waals surface area (Å²) in [5, 5.41) is 9.83. The maximum Gasteiger partial charge on any atom is 0.341 e. The number of thiocarbonyl (C=S) groups is 1. The molecule has 1 aliphatic heterocycles. The van der Waals surface area contributed by atoms with Crippen molar-refractivity contribution in [3.63, 3.8) is 0 Å². The van der Waals surface area contributed by atoms with E-state index in [9.17, 15) is 14.4 Å².